The van der Waals surface area contributed by atoms with Crippen molar-refractivity contribution in [3.8, 4) is 11.5 Å². The van der Waals surface area contributed by atoms with Crippen LogP contribution in [0.15, 0.2) is 59.0 Å². The number of benzene rings is 3. The molecule has 5 rings (SSSR count). The number of rotatable bonds is 5. The van der Waals surface area contributed by atoms with Gasteiger partial charge in [0.25, 0.3) is 11.6 Å². The Morgan fingerprint density at radius 3 is 2.60 bits per heavy atom. The maximum atomic E-state index is 12.9. The van der Waals surface area contributed by atoms with E-state index in [-0.39, 0.29) is 11.3 Å². The Balaban J connectivity index is 1.39. The van der Waals surface area contributed by atoms with Gasteiger partial charge in [-0.2, -0.15) is 0 Å². The van der Waals surface area contributed by atoms with Gasteiger partial charge in [-0.15, -0.1) is 0 Å². The fourth-order valence-electron chi connectivity index (χ4n) is 4.12. The number of hydrogen-bond donors (Lipinski definition) is 1. The van der Waals surface area contributed by atoms with Crippen molar-refractivity contribution in [3.63, 3.8) is 0 Å². The van der Waals surface area contributed by atoms with Gasteiger partial charge in [-0.1, -0.05) is 6.07 Å². The van der Waals surface area contributed by atoms with Crippen molar-refractivity contribution >= 4 is 34.1 Å². The molecule has 9 heteroatoms. The van der Waals surface area contributed by atoms with Gasteiger partial charge in [0.05, 0.1) is 18.1 Å². The number of fused-ring (bicyclic) bond motifs is 1. The van der Waals surface area contributed by atoms with Gasteiger partial charge in [0.2, 0.25) is 5.89 Å². The van der Waals surface area contributed by atoms with Crippen molar-refractivity contribution < 1.29 is 18.9 Å². The molecule has 1 amide bonds. The molecule has 2 heterocycles. The van der Waals surface area contributed by atoms with Gasteiger partial charge in [-0.3, -0.25) is 14.9 Å². The van der Waals surface area contributed by atoms with Crippen LogP contribution in [0.2, 0.25) is 0 Å². The third-order valence-electron chi connectivity index (χ3n) is 6.16. The Hall–Kier alpha value is -4.24. The van der Waals surface area contributed by atoms with Gasteiger partial charge >= 0.3 is 0 Å². The molecule has 178 valence electrons. The molecular formula is C26H24N4O5. The normalized spacial score (nSPS) is 13.7. The SMILES string of the molecule is Cc1cc2nc(-c3cccc(NC(=O)c4ccc(N5CCOCC5)c([N+](=O)[O-])c4)c3)oc2cc1C. The number of amides is 1. The molecule has 9 nitrogen and oxygen atoms in total. The van der Waals surface area contributed by atoms with E-state index in [1.165, 1.54) is 6.07 Å². The summed E-state index contributed by atoms with van der Waals surface area (Å²) in [6.07, 6.45) is 0. The Morgan fingerprint density at radius 1 is 1.06 bits per heavy atom. The first-order chi connectivity index (χ1) is 16.9. The molecule has 4 aromatic rings. The summed E-state index contributed by atoms with van der Waals surface area (Å²) in [5.74, 6) is 0.00851. The Bertz CT molecular complexity index is 1400. The average Bonchev–Trinajstić information content (AvgIpc) is 3.27. The molecule has 0 atom stereocenters. The third-order valence-corrected chi connectivity index (χ3v) is 6.16. The monoisotopic (exact) mass is 472 g/mol. The number of morpholine rings is 1. The number of hydrogen-bond acceptors (Lipinski definition) is 7. The molecule has 1 aromatic heterocycles. The van der Waals surface area contributed by atoms with Crippen molar-refractivity contribution in [3.05, 3.63) is 81.4 Å². The summed E-state index contributed by atoms with van der Waals surface area (Å²) in [6, 6.07) is 15.6. The number of carbonyl (C=O) groups excluding carboxylic acids is 1. The molecule has 0 saturated carbocycles. The van der Waals surface area contributed by atoms with Gasteiger partial charge in [-0.25, -0.2) is 4.98 Å². The van der Waals surface area contributed by atoms with Crippen molar-refractivity contribution in [1.82, 2.24) is 4.98 Å². The number of nitrogens with one attached hydrogen (secondary N) is 1. The number of oxazole rings is 1. The number of ether oxygens (including phenoxy) is 1. The van der Waals surface area contributed by atoms with E-state index in [4.69, 9.17) is 9.15 Å². The Kier molecular flexibility index (Phi) is 5.92. The minimum atomic E-state index is -0.459. The van der Waals surface area contributed by atoms with Crippen molar-refractivity contribution in [1.29, 1.82) is 0 Å². The molecule has 1 saturated heterocycles. The van der Waals surface area contributed by atoms with Crippen LogP contribution < -0.4 is 10.2 Å². The summed E-state index contributed by atoms with van der Waals surface area (Å²) >= 11 is 0. The first-order valence-electron chi connectivity index (χ1n) is 11.3. The zero-order chi connectivity index (χ0) is 24.5. The van der Waals surface area contributed by atoms with E-state index in [0.717, 1.165) is 16.6 Å². The predicted octanol–water partition coefficient (Wildman–Crippen LogP) is 5.11. The number of anilines is 2. The lowest BCUT2D eigenvalue weighted by atomic mass is 10.1. The number of nitro groups is 1. The van der Waals surface area contributed by atoms with E-state index in [9.17, 15) is 14.9 Å². The molecule has 0 aliphatic carbocycles. The van der Waals surface area contributed by atoms with Gasteiger partial charge in [-0.05, 0) is 67.4 Å². The van der Waals surface area contributed by atoms with E-state index in [2.05, 4.69) is 10.3 Å². The van der Waals surface area contributed by atoms with Crippen LogP contribution >= 0.6 is 0 Å². The number of nitro benzene ring substituents is 1. The van der Waals surface area contributed by atoms with Crippen LogP contribution in [0, 0.1) is 24.0 Å². The van der Waals surface area contributed by atoms with Crippen LogP contribution in [0.4, 0.5) is 17.1 Å². The number of aromatic nitrogens is 1. The summed E-state index contributed by atoms with van der Waals surface area (Å²) in [4.78, 5) is 30.7. The van der Waals surface area contributed by atoms with Gasteiger partial charge in [0, 0.05) is 36.0 Å². The summed E-state index contributed by atoms with van der Waals surface area (Å²) in [7, 11) is 0. The molecule has 0 unspecified atom stereocenters. The van der Waals surface area contributed by atoms with E-state index in [0.29, 0.717) is 54.7 Å². The first kappa shape index (κ1) is 22.5. The quantitative estimate of drug-likeness (QED) is 0.317. The van der Waals surface area contributed by atoms with Crippen molar-refractivity contribution in [2.45, 2.75) is 13.8 Å². The fourth-order valence-corrected chi connectivity index (χ4v) is 4.12. The molecule has 0 bridgehead atoms. The summed E-state index contributed by atoms with van der Waals surface area (Å²) < 4.78 is 11.3. The summed E-state index contributed by atoms with van der Waals surface area (Å²) in [5, 5.41) is 14.5. The lowest BCUT2D eigenvalue weighted by Gasteiger charge is -2.28. The Morgan fingerprint density at radius 2 is 1.83 bits per heavy atom. The molecule has 1 N–H and O–H groups in total. The second kappa shape index (κ2) is 9.19. The zero-order valence-electron chi connectivity index (χ0n) is 19.4. The van der Waals surface area contributed by atoms with Crippen molar-refractivity contribution in [2.75, 3.05) is 36.5 Å². The topological polar surface area (TPSA) is 111 Å². The highest BCUT2D eigenvalue weighted by Crippen LogP contribution is 2.31. The summed E-state index contributed by atoms with van der Waals surface area (Å²) in [5.41, 5.74) is 5.54. The highest BCUT2D eigenvalue weighted by atomic mass is 16.6. The fraction of sp³-hybridized carbons (Fsp3) is 0.231. The molecule has 0 spiro atoms. The van der Waals surface area contributed by atoms with Crippen molar-refractivity contribution in [2.24, 2.45) is 0 Å². The van der Waals surface area contributed by atoms with E-state index < -0.39 is 10.8 Å². The van der Waals surface area contributed by atoms with E-state index >= 15 is 0 Å². The first-order valence-corrected chi connectivity index (χ1v) is 11.3. The van der Waals surface area contributed by atoms with Crippen LogP contribution in [-0.2, 0) is 4.74 Å². The molecule has 1 aliphatic rings. The highest BCUT2D eigenvalue weighted by molar-refractivity contribution is 6.05. The number of aryl methyl sites for hydroxylation is 2. The minimum Gasteiger partial charge on any atom is -0.436 e. The number of nitrogens with zero attached hydrogens (tertiary/aromatic N) is 3. The van der Waals surface area contributed by atoms with Crippen LogP contribution in [0.5, 0.6) is 0 Å². The second-order valence-corrected chi connectivity index (χ2v) is 8.52. The highest BCUT2D eigenvalue weighted by Gasteiger charge is 2.23. The van der Waals surface area contributed by atoms with Gasteiger partial charge in [0.1, 0.15) is 11.2 Å². The van der Waals surface area contributed by atoms with Gasteiger partial charge in [0.15, 0.2) is 5.58 Å². The minimum absolute atomic E-state index is 0.106. The van der Waals surface area contributed by atoms with E-state index in [1.54, 1.807) is 30.3 Å². The third kappa shape index (κ3) is 4.58. The molecule has 1 fully saturated rings. The number of carbonyl (C=O) groups is 1. The second-order valence-electron chi connectivity index (χ2n) is 8.52. The molecule has 35 heavy (non-hydrogen) atoms. The lowest BCUT2D eigenvalue weighted by Crippen LogP contribution is -2.36. The van der Waals surface area contributed by atoms with Crippen LogP contribution in [0.3, 0.4) is 0 Å². The lowest BCUT2D eigenvalue weighted by molar-refractivity contribution is -0.384. The molecule has 0 radical (unpaired) electrons. The largest absolute Gasteiger partial charge is 0.436 e. The predicted molar refractivity (Wildman–Crippen MR) is 133 cm³/mol. The maximum Gasteiger partial charge on any atom is 0.293 e. The standard InChI is InChI=1S/C26H24N4O5/c1-16-12-21-24(13-17(16)2)35-26(28-21)19-4-3-5-20(14-19)27-25(31)18-6-7-22(23(15-18)30(32)33)29-8-10-34-11-9-29/h3-7,12-15H,8-11H2,1-2H3,(H,27,31). The van der Waals surface area contributed by atoms with Crippen LogP contribution in [0.25, 0.3) is 22.6 Å². The Labute approximate surface area is 201 Å². The maximum absolute atomic E-state index is 12.9. The molecular weight excluding hydrogens is 448 g/mol. The van der Waals surface area contributed by atoms with Crippen LogP contribution in [0.1, 0.15) is 21.5 Å². The molecule has 3 aromatic carbocycles. The molecule has 1 aliphatic heterocycles. The smallest absolute Gasteiger partial charge is 0.293 e. The summed E-state index contributed by atoms with van der Waals surface area (Å²) in [6.45, 7) is 6.19. The average molecular weight is 473 g/mol. The van der Waals surface area contributed by atoms with Gasteiger partial charge < -0.3 is 19.4 Å². The van der Waals surface area contributed by atoms with Crippen LogP contribution in [-0.4, -0.2) is 42.1 Å². The zero-order valence-corrected chi connectivity index (χ0v) is 19.4. The van der Waals surface area contributed by atoms with E-state index in [1.807, 2.05) is 36.9 Å².